The number of carbonyl (C=O) groups is 1. The van der Waals surface area contributed by atoms with Gasteiger partial charge in [-0.1, -0.05) is 24.3 Å². The van der Waals surface area contributed by atoms with E-state index in [1.165, 1.54) is 27.8 Å². The number of aryl methyl sites for hydroxylation is 2. The summed E-state index contributed by atoms with van der Waals surface area (Å²) in [4.78, 5) is 29.5. The summed E-state index contributed by atoms with van der Waals surface area (Å²) in [6.45, 7) is 3.95. The molecule has 1 amide bonds. The van der Waals surface area contributed by atoms with Crippen LogP contribution in [0, 0.1) is 13.8 Å². The molecule has 130 valence electrons. The van der Waals surface area contributed by atoms with E-state index in [2.05, 4.69) is 10.3 Å². The van der Waals surface area contributed by atoms with Crippen molar-refractivity contribution < 1.29 is 4.79 Å². The Balaban J connectivity index is 1.63. The number of hydrogen-bond acceptors (Lipinski definition) is 4. The van der Waals surface area contributed by atoms with Crippen molar-refractivity contribution in [1.29, 1.82) is 0 Å². The summed E-state index contributed by atoms with van der Waals surface area (Å²) >= 11 is 1.41. The Kier molecular flexibility index (Phi) is 4.05. The molecule has 2 aromatic carbocycles. The summed E-state index contributed by atoms with van der Waals surface area (Å²) in [5.74, 6) is -0.252. The van der Waals surface area contributed by atoms with E-state index in [0.717, 1.165) is 21.3 Å². The van der Waals surface area contributed by atoms with E-state index in [1.54, 1.807) is 0 Å². The molecule has 0 atom stereocenters. The van der Waals surface area contributed by atoms with E-state index in [0.29, 0.717) is 10.2 Å². The fourth-order valence-electron chi connectivity index (χ4n) is 2.90. The van der Waals surface area contributed by atoms with Crippen LogP contribution in [-0.2, 0) is 11.3 Å². The lowest BCUT2D eigenvalue weighted by molar-refractivity contribution is -0.116. The number of benzene rings is 2. The number of anilines is 1. The van der Waals surface area contributed by atoms with E-state index in [4.69, 9.17) is 0 Å². The highest BCUT2D eigenvalue weighted by Gasteiger charge is 2.13. The highest BCUT2D eigenvalue weighted by atomic mass is 32.1. The van der Waals surface area contributed by atoms with Gasteiger partial charge in [-0.3, -0.25) is 14.2 Å². The number of carbonyl (C=O) groups excluding carboxylic acids is 1. The summed E-state index contributed by atoms with van der Waals surface area (Å²) in [5, 5.41) is 3.81. The lowest BCUT2D eigenvalue weighted by Gasteiger charge is -2.09. The van der Waals surface area contributed by atoms with E-state index >= 15 is 0 Å². The van der Waals surface area contributed by atoms with Crippen molar-refractivity contribution in [1.82, 2.24) is 9.55 Å². The first-order valence-electron chi connectivity index (χ1n) is 8.27. The number of amides is 1. The summed E-state index contributed by atoms with van der Waals surface area (Å²) < 4.78 is 2.95. The molecule has 2 aromatic heterocycles. The second kappa shape index (κ2) is 6.38. The quantitative estimate of drug-likeness (QED) is 0.601. The molecule has 0 fully saturated rings. The molecule has 0 aliphatic carbocycles. The summed E-state index contributed by atoms with van der Waals surface area (Å²) in [6, 6.07) is 13.5. The van der Waals surface area contributed by atoms with Crippen LogP contribution in [0.3, 0.4) is 0 Å². The number of fused-ring (bicyclic) bond motifs is 3. The van der Waals surface area contributed by atoms with Crippen LogP contribution in [0.25, 0.3) is 20.3 Å². The minimum atomic E-state index is -0.252. The van der Waals surface area contributed by atoms with Gasteiger partial charge in [0.15, 0.2) is 0 Å². The molecule has 0 bridgehead atoms. The molecule has 0 saturated heterocycles. The Morgan fingerprint density at radius 2 is 1.96 bits per heavy atom. The van der Waals surface area contributed by atoms with Gasteiger partial charge in [-0.15, -0.1) is 11.3 Å². The number of aromatic nitrogens is 2. The molecule has 2 heterocycles. The second-order valence-electron chi connectivity index (χ2n) is 6.30. The molecular formula is C20H17N3O2S. The van der Waals surface area contributed by atoms with Crippen molar-refractivity contribution in [2.24, 2.45) is 0 Å². The van der Waals surface area contributed by atoms with Gasteiger partial charge in [0.05, 0.1) is 11.8 Å². The van der Waals surface area contributed by atoms with Gasteiger partial charge in [0.2, 0.25) is 5.91 Å². The standard InChI is InChI=1S/C20H17N3O2S/c1-12-7-8-14(9-13(12)2)22-17(24)10-23-11-21-18-15-5-3-4-6-16(15)26-19(18)20(23)25/h3-9,11H,10H2,1-2H3,(H,22,24). The van der Waals surface area contributed by atoms with Gasteiger partial charge in [-0.05, 0) is 43.2 Å². The van der Waals surface area contributed by atoms with Crippen molar-refractivity contribution in [2.75, 3.05) is 5.32 Å². The molecular weight excluding hydrogens is 346 g/mol. The lowest BCUT2D eigenvalue weighted by Crippen LogP contribution is -2.27. The molecule has 26 heavy (non-hydrogen) atoms. The smallest absolute Gasteiger partial charge is 0.271 e. The highest BCUT2D eigenvalue weighted by Crippen LogP contribution is 2.29. The minimum absolute atomic E-state index is 0.0665. The van der Waals surface area contributed by atoms with Gasteiger partial charge in [0, 0.05) is 15.8 Å². The summed E-state index contributed by atoms with van der Waals surface area (Å²) in [5.41, 5.74) is 3.50. The van der Waals surface area contributed by atoms with Gasteiger partial charge >= 0.3 is 0 Å². The van der Waals surface area contributed by atoms with E-state index in [9.17, 15) is 9.59 Å². The molecule has 0 spiro atoms. The van der Waals surface area contributed by atoms with Crippen LogP contribution in [-0.4, -0.2) is 15.5 Å². The number of nitrogens with zero attached hydrogens (tertiary/aromatic N) is 2. The van der Waals surface area contributed by atoms with Crippen molar-refractivity contribution >= 4 is 43.2 Å². The zero-order valence-electron chi connectivity index (χ0n) is 14.4. The van der Waals surface area contributed by atoms with E-state index in [-0.39, 0.29) is 18.0 Å². The number of hydrogen-bond donors (Lipinski definition) is 1. The third kappa shape index (κ3) is 2.88. The maximum absolute atomic E-state index is 12.7. The maximum Gasteiger partial charge on any atom is 0.271 e. The van der Waals surface area contributed by atoms with Crippen molar-refractivity contribution in [3.8, 4) is 0 Å². The largest absolute Gasteiger partial charge is 0.325 e. The van der Waals surface area contributed by atoms with Gasteiger partial charge in [0.1, 0.15) is 11.2 Å². The predicted octanol–water partition coefficient (Wildman–Crippen LogP) is 3.87. The van der Waals surface area contributed by atoms with Crippen LogP contribution in [0.15, 0.2) is 53.6 Å². The van der Waals surface area contributed by atoms with Crippen LogP contribution in [0.4, 0.5) is 5.69 Å². The van der Waals surface area contributed by atoms with Crippen LogP contribution in [0.1, 0.15) is 11.1 Å². The first kappa shape index (κ1) is 16.5. The Morgan fingerprint density at radius 1 is 1.15 bits per heavy atom. The molecule has 5 nitrogen and oxygen atoms in total. The highest BCUT2D eigenvalue weighted by molar-refractivity contribution is 7.25. The van der Waals surface area contributed by atoms with Crippen LogP contribution in [0.5, 0.6) is 0 Å². The predicted molar refractivity (Wildman–Crippen MR) is 106 cm³/mol. The van der Waals surface area contributed by atoms with Crippen molar-refractivity contribution in [3.05, 3.63) is 70.3 Å². The Labute approximate surface area is 153 Å². The topological polar surface area (TPSA) is 64.0 Å². The van der Waals surface area contributed by atoms with E-state index < -0.39 is 0 Å². The number of nitrogens with one attached hydrogen (secondary N) is 1. The monoisotopic (exact) mass is 363 g/mol. The molecule has 0 aliphatic rings. The minimum Gasteiger partial charge on any atom is -0.325 e. The van der Waals surface area contributed by atoms with Crippen LogP contribution in [0.2, 0.25) is 0 Å². The molecule has 0 unspecified atom stereocenters. The third-order valence-electron chi connectivity index (χ3n) is 4.46. The summed E-state index contributed by atoms with van der Waals surface area (Å²) in [6.07, 6.45) is 1.45. The molecule has 6 heteroatoms. The molecule has 0 radical (unpaired) electrons. The van der Waals surface area contributed by atoms with Gasteiger partial charge in [0.25, 0.3) is 5.56 Å². The normalized spacial score (nSPS) is 11.2. The average molecular weight is 363 g/mol. The molecule has 4 aromatic rings. The first-order chi connectivity index (χ1) is 12.5. The first-order valence-corrected chi connectivity index (χ1v) is 9.08. The second-order valence-corrected chi connectivity index (χ2v) is 7.35. The lowest BCUT2D eigenvalue weighted by atomic mass is 10.1. The van der Waals surface area contributed by atoms with E-state index in [1.807, 2.05) is 56.3 Å². The van der Waals surface area contributed by atoms with Crippen molar-refractivity contribution in [3.63, 3.8) is 0 Å². The van der Waals surface area contributed by atoms with Crippen LogP contribution >= 0.6 is 11.3 Å². The molecule has 0 aliphatic heterocycles. The SMILES string of the molecule is Cc1ccc(NC(=O)Cn2cnc3c(sc4ccccc43)c2=O)cc1C. The fourth-order valence-corrected chi connectivity index (χ4v) is 4.01. The molecule has 4 rings (SSSR count). The van der Waals surface area contributed by atoms with Crippen LogP contribution < -0.4 is 10.9 Å². The zero-order chi connectivity index (χ0) is 18.3. The Bertz CT molecular complexity index is 1210. The number of rotatable bonds is 3. The van der Waals surface area contributed by atoms with Crippen molar-refractivity contribution in [2.45, 2.75) is 20.4 Å². The Hall–Kier alpha value is -2.99. The molecule has 0 saturated carbocycles. The number of thiophene rings is 1. The molecule has 1 N–H and O–H groups in total. The third-order valence-corrected chi connectivity index (χ3v) is 5.60. The van der Waals surface area contributed by atoms with Gasteiger partial charge < -0.3 is 5.32 Å². The van der Waals surface area contributed by atoms with Gasteiger partial charge in [-0.25, -0.2) is 4.98 Å². The maximum atomic E-state index is 12.7. The Morgan fingerprint density at radius 3 is 2.77 bits per heavy atom. The fraction of sp³-hybridized carbons (Fsp3) is 0.150. The summed E-state index contributed by atoms with van der Waals surface area (Å²) in [7, 11) is 0. The average Bonchev–Trinajstić information content (AvgIpc) is 3.00. The zero-order valence-corrected chi connectivity index (χ0v) is 15.3. The van der Waals surface area contributed by atoms with Gasteiger partial charge in [-0.2, -0.15) is 0 Å².